The molecule has 0 aliphatic rings. The van der Waals surface area contributed by atoms with Crippen LogP contribution in [0.4, 0.5) is 5.69 Å². The molecule has 0 fully saturated rings. The Labute approximate surface area is 260 Å². The zero-order valence-corrected chi connectivity index (χ0v) is 25.7. The molecule has 0 spiro atoms. The minimum Gasteiger partial charge on any atom is -0.357 e. The van der Waals surface area contributed by atoms with Crippen molar-refractivity contribution in [3.05, 3.63) is 129 Å². The first-order valence-corrected chi connectivity index (χ1v) is 15.5. The van der Waals surface area contributed by atoms with Gasteiger partial charge in [-0.25, -0.2) is 8.42 Å². The highest BCUT2D eigenvalue weighted by Gasteiger charge is 2.35. The van der Waals surface area contributed by atoms with Crippen LogP contribution in [0.15, 0.2) is 108 Å². The van der Waals surface area contributed by atoms with Gasteiger partial charge in [-0.05, 0) is 47.5 Å². The Bertz CT molecular complexity index is 1640. The molecule has 1 atom stereocenters. The quantitative estimate of drug-likeness (QED) is 0.210. The maximum Gasteiger partial charge on any atom is 0.264 e. The molecule has 42 heavy (non-hydrogen) atoms. The van der Waals surface area contributed by atoms with E-state index in [0.29, 0.717) is 10.6 Å². The van der Waals surface area contributed by atoms with E-state index in [4.69, 9.17) is 34.8 Å². The van der Waals surface area contributed by atoms with Crippen LogP contribution in [-0.2, 0) is 32.6 Å². The number of hydrogen-bond acceptors (Lipinski definition) is 4. The average molecular weight is 645 g/mol. The monoisotopic (exact) mass is 643 g/mol. The Balaban J connectivity index is 1.81. The maximum absolute atomic E-state index is 14.3. The van der Waals surface area contributed by atoms with Crippen LogP contribution < -0.4 is 9.62 Å². The van der Waals surface area contributed by atoms with E-state index in [-0.39, 0.29) is 33.6 Å². The number of halogens is 3. The fourth-order valence-corrected chi connectivity index (χ4v) is 6.45. The molecule has 0 aliphatic carbocycles. The zero-order chi connectivity index (χ0) is 30.3. The summed E-state index contributed by atoms with van der Waals surface area (Å²) in [7, 11) is -2.80. The van der Waals surface area contributed by atoms with Crippen molar-refractivity contribution in [2.75, 3.05) is 17.9 Å². The van der Waals surface area contributed by atoms with Gasteiger partial charge in [0.2, 0.25) is 11.8 Å². The summed E-state index contributed by atoms with van der Waals surface area (Å²) in [6.45, 7) is -0.628. The molecule has 4 rings (SSSR count). The van der Waals surface area contributed by atoms with Crippen LogP contribution in [0.5, 0.6) is 0 Å². The summed E-state index contributed by atoms with van der Waals surface area (Å²) in [5.74, 6) is -1.02. The number of nitrogens with zero attached hydrogens (tertiary/aromatic N) is 2. The van der Waals surface area contributed by atoms with Crippen molar-refractivity contribution in [3.63, 3.8) is 0 Å². The van der Waals surface area contributed by atoms with E-state index in [1.165, 1.54) is 36.2 Å². The Morgan fingerprint density at radius 2 is 1.40 bits per heavy atom. The first-order valence-electron chi connectivity index (χ1n) is 12.9. The van der Waals surface area contributed by atoms with Crippen LogP contribution in [0.2, 0.25) is 15.1 Å². The van der Waals surface area contributed by atoms with Crippen molar-refractivity contribution < 1.29 is 18.0 Å². The lowest BCUT2D eigenvalue weighted by Crippen LogP contribution is -2.53. The summed E-state index contributed by atoms with van der Waals surface area (Å²) in [4.78, 5) is 28.9. The van der Waals surface area contributed by atoms with Gasteiger partial charge in [-0.15, -0.1) is 0 Å². The van der Waals surface area contributed by atoms with Crippen LogP contribution >= 0.6 is 34.8 Å². The van der Waals surface area contributed by atoms with Crippen LogP contribution in [0.3, 0.4) is 0 Å². The molecule has 4 aromatic rings. The molecular formula is C31H28Cl3N3O4S. The lowest BCUT2D eigenvalue weighted by Gasteiger charge is -2.33. The second kappa shape index (κ2) is 14.1. The van der Waals surface area contributed by atoms with Gasteiger partial charge in [-0.3, -0.25) is 13.9 Å². The second-order valence-corrected chi connectivity index (χ2v) is 12.4. The van der Waals surface area contributed by atoms with E-state index >= 15 is 0 Å². The molecule has 0 unspecified atom stereocenters. The molecular weight excluding hydrogens is 617 g/mol. The molecule has 0 saturated heterocycles. The number of sulfonamides is 1. The van der Waals surface area contributed by atoms with E-state index in [9.17, 15) is 18.0 Å². The van der Waals surface area contributed by atoms with E-state index in [0.717, 1.165) is 9.87 Å². The number of benzene rings is 4. The van der Waals surface area contributed by atoms with Gasteiger partial charge >= 0.3 is 0 Å². The van der Waals surface area contributed by atoms with Crippen molar-refractivity contribution in [2.45, 2.75) is 23.9 Å². The third-order valence-electron chi connectivity index (χ3n) is 6.59. The van der Waals surface area contributed by atoms with Crippen molar-refractivity contribution >= 4 is 62.3 Å². The normalized spacial score (nSPS) is 11.9. The number of rotatable bonds is 11. The zero-order valence-electron chi connectivity index (χ0n) is 22.6. The van der Waals surface area contributed by atoms with Gasteiger partial charge in [0.05, 0.1) is 20.6 Å². The predicted molar refractivity (Wildman–Crippen MR) is 167 cm³/mol. The smallest absolute Gasteiger partial charge is 0.264 e. The number of likely N-dealkylation sites (N-methyl/N-ethyl adjacent to an activating group) is 1. The summed E-state index contributed by atoms with van der Waals surface area (Å²) in [6, 6.07) is 27.4. The van der Waals surface area contributed by atoms with E-state index in [2.05, 4.69) is 5.32 Å². The first kappa shape index (κ1) is 31.4. The van der Waals surface area contributed by atoms with Crippen molar-refractivity contribution in [1.29, 1.82) is 0 Å². The van der Waals surface area contributed by atoms with Gasteiger partial charge < -0.3 is 10.2 Å². The Hall–Kier alpha value is -3.56. The van der Waals surface area contributed by atoms with E-state index in [1.807, 2.05) is 30.3 Å². The number of carbonyl (C=O) groups excluding carboxylic acids is 2. The predicted octanol–water partition coefficient (Wildman–Crippen LogP) is 6.23. The largest absolute Gasteiger partial charge is 0.357 e. The van der Waals surface area contributed by atoms with Gasteiger partial charge in [-0.2, -0.15) is 0 Å². The Kier molecular flexibility index (Phi) is 10.5. The SMILES string of the molecule is CNC(=O)[C@H](Cc1ccccc1)N(Cc1ccc(Cl)cc1)C(=O)CN(c1cccc(Cl)c1Cl)S(=O)(=O)c1ccccc1. The molecule has 0 aliphatic heterocycles. The molecule has 2 amide bonds. The van der Waals surface area contributed by atoms with Crippen molar-refractivity contribution in [1.82, 2.24) is 10.2 Å². The standard InChI is InChI=1S/C31H28Cl3N3O4S/c1-35-31(39)28(19-22-9-4-2-5-10-22)36(20-23-15-17-24(32)18-16-23)29(38)21-37(27-14-8-13-26(33)30(27)34)42(40,41)25-11-6-3-7-12-25/h2-18,28H,19-21H2,1H3,(H,35,39)/t28-/m0/s1. The highest BCUT2D eigenvalue weighted by Crippen LogP contribution is 2.35. The van der Waals surface area contributed by atoms with Gasteiger partial charge in [0.1, 0.15) is 12.6 Å². The van der Waals surface area contributed by atoms with Crippen LogP contribution in [0.25, 0.3) is 0 Å². The lowest BCUT2D eigenvalue weighted by molar-refractivity contribution is -0.139. The molecule has 1 N–H and O–H groups in total. The van der Waals surface area contributed by atoms with Gasteiger partial charge in [0.25, 0.3) is 10.0 Å². The summed E-state index contributed by atoms with van der Waals surface area (Å²) >= 11 is 18.8. The van der Waals surface area contributed by atoms with Crippen molar-refractivity contribution in [3.8, 4) is 0 Å². The fraction of sp³-hybridized carbons (Fsp3) is 0.161. The van der Waals surface area contributed by atoms with Gasteiger partial charge in [-0.1, -0.05) is 102 Å². The summed E-state index contributed by atoms with van der Waals surface area (Å²) < 4.78 is 28.8. The lowest BCUT2D eigenvalue weighted by atomic mass is 10.0. The minimum atomic E-state index is -4.29. The van der Waals surface area contributed by atoms with Crippen LogP contribution in [0.1, 0.15) is 11.1 Å². The molecule has 11 heteroatoms. The molecule has 0 heterocycles. The third kappa shape index (κ3) is 7.44. The van der Waals surface area contributed by atoms with Gasteiger partial charge in [0, 0.05) is 25.0 Å². The summed E-state index contributed by atoms with van der Waals surface area (Å²) in [5.41, 5.74) is 1.56. The summed E-state index contributed by atoms with van der Waals surface area (Å²) in [6.07, 6.45) is 0.198. The fourth-order valence-electron chi connectivity index (χ4n) is 4.43. The topological polar surface area (TPSA) is 86.8 Å². The molecule has 218 valence electrons. The number of nitrogens with one attached hydrogen (secondary N) is 1. The molecule has 0 aromatic heterocycles. The number of carbonyl (C=O) groups is 2. The Morgan fingerprint density at radius 3 is 2.02 bits per heavy atom. The molecule has 4 aromatic carbocycles. The Morgan fingerprint density at radius 1 is 0.786 bits per heavy atom. The van der Waals surface area contributed by atoms with Crippen LogP contribution in [0, 0.1) is 0 Å². The highest BCUT2D eigenvalue weighted by atomic mass is 35.5. The molecule has 0 radical (unpaired) electrons. The first-order chi connectivity index (χ1) is 20.1. The average Bonchev–Trinajstić information content (AvgIpc) is 3.00. The third-order valence-corrected chi connectivity index (χ3v) is 9.43. The summed E-state index contributed by atoms with van der Waals surface area (Å²) in [5, 5.41) is 3.26. The van der Waals surface area contributed by atoms with Gasteiger partial charge in [0.15, 0.2) is 0 Å². The maximum atomic E-state index is 14.3. The van der Waals surface area contributed by atoms with E-state index < -0.39 is 34.4 Å². The number of amides is 2. The second-order valence-electron chi connectivity index (χ2n) is 9.37. The number of hydrogen-bond donors (Lipinski definition) is 1. The van der Waals surface area contributed by atoms with Crippen LogP contribution in [-0.4, -0.2) is 44.8 Å². The highest BCUT2D eigenvalue weighted by molar-refractivity contribution is 7.92. The minimum absolute atomic E-state index is 0.0173. The van der Waals surface area contributed by atoms with E-state index in [1.54, 1.807) is 48.5 Å². The molecule has 0 saturated carbocycles. The molecule has 7 nitrogen and oxygen atoms in total. The number of anilines is 1. The van der Waals surface area contributed by atoms with Crippen molar-refractivity contribution in [2.24, 2.45) is 0 Å². The molecule has 0 bridgehead atoms.